The minimum atomic E-state index is -3.19. The van der Waals surface area contributed by atoms with Gasteiger partial charge in [0.1, 0.15) is 0 Å². The van der Waals surface area contributed by atoms with Crippen molar-refractivity contribution in [3.8, 4) is 0 Å². The monoisotopic (exact) mass is 255 g/mol. The second-order valence-corrected chi connectivity index (χ2v) is 6.59. The molecule has 1 aromatic carbocycles. The molecule has 0 saturated carbocycles. The Hall–Kier alpha value is -0.870. The molecule has 0 saturated heterocycles. The molecule has 0 aliphatic rings. The molecule has 96 valence electrons. The van der Waals surface area contributed by atoms with Gasteiger partial charge in [-0.3, -0.25) is 0 Å². The molecule has 4 heteroatoms. The van der Waals surface area contributed by atoms with Crippen molar-refractivity contribution in [1.29, 1.82) is 0 Å². The highest BCUT2D eigenvalue weighted by molar-refractivity contribution is 7.92. The van der Waals surface area contributed by atoms with E-state index in [0.29, 0.717) is 11.4 Å². The average molecular weight is 255 g/mol. The van der Waals surface area contributed by atoms with E-state index in [4.69, 9.17) is 0 Å². The van der Waals surface area contributed by atoms with Gasteiger partial charge in [0, 0.05) is 6.54 Å². The molecule has 0 heterocycles. The number of benzene rings is 1. The number of rotatable bonds is 7. The molecule has 0 bridgehead atoms. The summed E-state index contributed by atoms with van der Waals surface area (Å²) in [4.78, 5) is 0.407. The van der Waals surface area contributed by atoms with Crippen molar-refractivity contribution in [2.24, 2.45) is 0 Å². The molecule has 0 radical (unpaired) electrons. The minimum Gasteiger partial charge on any atom is -0.315 e. The van der Waals surface area contributed by atoms with E-state index < -0.39 is 9.84 Å². The van der Waals surface area contributed by atoms with Gasteiger partial charge >= 0.3 is 0 Å². The summed E-state index contributed by atoms with van der Waals surface area (Å²) in [5.41, 5.74) is 0. The van der Waals surface area contributed by atoms with Gasteiger partial charge in [0.2, 0.25) is 0 Å². The van der Waals surface area contributed by atoms with Crippen LogP contribution in [-0.2, 0) is 9.84 Å². The minimum absolute atomic E-state index is 0.387. The van der Waals surface area contributed by atoms with Crippen molar-refractivity contribution in [2.75, 3.05) is 13.1 Å². The quantitative estimate of drug-likeness (QED) is 0.760. The van der Waals surface area contributed by atoms with Crippen LogP contribution in [0.15, 0.2) is 35.2 Å². The average Bonchev–Trinajstić information content (AvgIpc) is 2.35. The lowest BCUT2D eigenvalue weighted by Gasteiger charge is -2.13. The van der Waals surface area contributed by atoms with Crippen LogP contribution in [0.2, 0.25) is 0 Å². The molecule has 1 N–H and O–H groups in total. The SMILES string of the molecule is CCCCNCC(C)S(=O)(=O)c1ccccc1. The smallest absolute Gasteiger partial charge is 0.182 e. The van der Waals surface area contributed by atoms with Crippen LogP contribution >= 0.6 is 0 Å². The van der Waals surface area contributed by atoms with Gasteiger partial charge in [0.05, 0.1) is 10.1 Å². The molecule has 0 aliphatic heterocycles. The zero-order valence-corrected chi connectivity index (χ0v) is 11.3. The van der Waals surface area contributed by atoms with Crippen LogP contribution in [0.5, 0.6) is 0 Å². The van der Waals surface area contributed by atoms with E-state index in [0.717, 1.165) is 19.4 Å². The number of unbranched alkanes of at least 4 members (excludes halogenated alkanes) is 1. The molecule has 0 aliphatic carbocycles. The molecule has 0 aromatic heterocycles. The molecule has 0 fully saturated rings. The fourth-order valence-corrected chi connectivity index (χ4v) is 2.90. The van der Waals surface area contributed by atoms with Crippen molar-refractivity contribution < 1.29 is 8.42 Å². The van der Waals surface area contributed by atoms with Crippen LogP contribution in [0, 0.1) is 0 Å². The second kappa shape index (κ2) is 6.77. The maximum Gasteiger partial charge on any atom is 0.182 e. The van der Waals surface area contributed by atoms with E-state index in [1.54, 1.807) is 31.2 Å². The topological polar surface area (TPSA) is 46.2 Å². The van der Waals surface area contributed by atoms with Crippen molar-refractivity contribution in [2.45, 2.75) is 36.8 Å². The number of hydrogen-bond donors (Lipinski definition) is 1. The van der Waals surface area contributed by atoms with Crippen molar-refractivity contribution in [1.82, 2.24) is 5.32 Å². The van der Waals surface area contributed by atoms with Crippen molar-refractivity contribution in [3.05, 3.63) is 30.3 Å². The van der Waals surface area contributed by atoms with Gasteiger partial charge in [0.15, 0.2) is 9.84 Å². The zero-order chi connectivity index (χ0) is 12.7. The highest BCUT2D eigenvalue weighted by Crippen LogP contribution is 2.14. The molecule has 1 atom stereocenters. The predicted octanol–water partition coefficient (Wildman–Crippen LogP) is 2.24. The Morgan fingerprint density at radius 2 is 1.88 bits per heavy atom. The fourth-order valence-electron chi connectivity index (χ4n) is 1.56. The van der Waals surface area contributed by atoms with E-state index in [9.17, 15) is 8.42 Å². The van der Waals surface area contributed by atoms with Gasteiger partial charge in [-0.25, -0.2) is 8.42 Å². The van der Waals surface area contributed by atoms with Crippen molar-refractivity contribution in [3.63, 3.8) is 0 Å². The Balaban J connectivity index is 2.59. The Labute approximate surface area is 104 Å². The standard InChI is InChI=1S/C13H21NO2S/c1-3-4-10-14-11-12(2)17(15,16)13-8-6-5-7-9-13/h5-9,12,14H,3-4,10-11H2,1-2H3. The number of sulfone groups is 1. The summed E-state index contributed by atoms with van der Waals surface area (Å²) in [5.74, 6) is 0. The lowest BCUT2D eigenvalue weighted by molar-refractivity contribution is 0.567. The maximum absolute atomic E-state index is 12.2. The highest BCUT2D eigenvalue weighted by Gasteiger charge is 2.22. The molecule has 0 spiro atoms. The largest absolute Gasteiger partial charge is 0.315 e. The predicted molar refractivity (Wildman–Crippen MR) is 70.9 cm³/mol. The lowest BCUT2D eigenvalue weighted by Crippen LogP contribution is -2.31. The summed E-state index contributed by atoms with van der Waals surface area (Å²) in [6, 6.07) is 8.63. The first-order valence-corrected chi connectivity index (χ1v) is 7.63. The first-order chi connectivity index (χ1) is 8.09. The third kappa shape index (κ3) is 4.13. The van der Waals surface area contributed by atoms with E-state index >= 15 is 0 Å². The summed E-state index contributed by atoms with van der Waals surface area (Å²) in [7, 11) is -3.19. The Kier molecular flexibility index (Phi) is 5.65. The normalized spacial score (nSPS) is 13.5. The van der Waals surface area contributed by atoms with Crippen LogP contribution in [-0.4, -0.2) is 26.8 Å². The van der Waals surface area contributed by atoms with E-state index in [-0.39, 0.29) is 5.25 Å². The summed E-state index contributed by atoms with van der Waals surface area (Å²) in [6.45, 7) is 5.26. The Morgan fingerprint density at radius 3 is 2.47 bits per heavy atom. The molecule has 1 unspecified atom stereocenters. The summed E-state index contributed by atoms with van der Waals surface area (Å²) in [6.07, 6.45) is 2.20. The zero-order valence-electron chi connectivity index (χ0n) is 10.5. The van der Waals surface area contributed by atoms with Gasteiger partial charge < -0.3 is 5.32 Å². The van der Waals surface area contributed by atoms with Gasteiger partial charge in [-0.1, -0.05) is 31.5 Å². The van der Waals surface area contributed by atoms with Gasteiger partial charge in [-0.15, -0.1) is 0 Å². The summed E-state index contributed by atoms with van der Waals surface area (Å²) >= 11 is 0. The first-order valence-electron chi connectivity index (χ1n) is 6.08. The van der Waals surface area contributed by atoms with Crippen LogP contribution in [0.3, 0.4) is 0 Å². The van der Waals surface area contributed by atoms with Gasteiger partial charge in [-0.05, 0) is 32.0 Å². The fraction of sp³-hybridized carbons (Fsp3) is 0.538. The van der Waals surface area contributed by atoms with Crippen LogP contribution in [0.25, 0.3) is 0 Å². The molecular formula is C13H21NO2S. The van der Waals surface area contributed by atoms with Crippen LogP contribution in [0.4, 0.5) is 0 Å². The van der Waals surface area contributed by atoms with E-state index in [2.05, 4.69) is 12.2 Å². The van der Waals surface area contributed by atoms with E-state index in [1.165, 1.54) is 0 Å². The Bertz CT molecular complexity index is 414. The molecule has 17 heavy (non-hydrogen) atoms. The maximum atomic E-state index is 12.2. The molecule has 3 nitrogen and oxygen atoms in total. The number of nitrogens with one attached hydrogen (secondary N) is 1. The summed E-state index contributed by atoms with van der Waals surface area (Å²) < 4.78 is 24.3. The lowest BCUT2D eigenvalue weighted by atomic mass is 10.3. The third-order valence-corrected chi connectivity index (χ3v) is 4.90. The van der Waals surface area contributed by atoms with Crippen molar-refractivity contribution >= 4 is 9.84 Å². The van der Waals surface area contributed by atoms with Crippen LogP contribution < -0.4 is 5.32 Å². The summed E-state index contributed by atoms with van der Waals surface area (Å²) in [5, 5.41) is 2.80. The molecule has 0 amide bonds. The molecule has 1 aromatic rings. The molecular weight excluding hydrogens is 234 g/mol. The van der Waals surface area contributed by atoms with Gasteiger partial charge in [-0.2, -0.15) is 0 Å². The number of hydrogen-bond acceptors (Lipinski definition) is 3. The Morgan fingerprint density at radius 1 is 1.24 bits per heavy atom. The van der Waals surface area contributed by atoms with E-state index in [1.807, 2.05) is 6.07 Å². The highest BCUT2D eigenvalue weighted by atomic mass is 32.2. The van der Waals surface area contributed by atoms with Gasteiger partial charge in [0.25, 0.3) is 0 Å². The van der Waals surface area contributed by atoms with Crippen LogP contribution in [0.1, 0.15) is 26.7 Å². The first kappa shape index (κ1) is 14.2. The molecule has 1 rings (SSSR count). The second-order valence-electron chi connectivity index (χ2n) is 4.23. The third-order valence-electron chi connectivity index (χ3n) is 2.74.